The molecule has 1 N–H and O–H groups in total. The zero-order valence-electron chi connectivity index (χ0n) is 21.0. The summed E-state index contributed by atoms with van der Waals surface area (Å²) in [7, 11) is -1.04. The molecule has 0 fully saturated rings. The SMILES string of the molecule is COc1ccc(N(CC(=O)NCCSCc2cccc(C)c2)S(=O)(=O)c2ccc(C)cc2)cc1OC. The minimum Gasteiger partial charge on any atom is -0.493 e. The van der Waals surface area contributed by atoms with Crippen LogP contribution >= 0.6 is 11.8 Å². The van der Waals surface area contributed by atoms with Crippen molar-refractivity contribution < 1.29 is 22.7 Å². The van der Waals surface area contributed by atoms with Crippen molar-refractivity contribution in [2.24, 2.45) is 0 Å². The van der Waals surface area contributed by atoms with E-state index < -0.39 is 15.9 Å². The van der Waals surface area contributed by atoms with Crippen molar-refractivity contribution in [3.05, 3.63) is 83.4 Å². The predicted octanol–water partition coefficient (Wildman–Crippen LogP) is 4.57. The third-order valence-corrected chi connectivity index (χ3v) is 8.29. The molecule has 36 heavy (non-hydrogen) atoms. The number of benzene rings is 3. The standard InChI is InChI=1S/C27H32N2O5S2/c1-20-8-11-24(12-9-20)36(31,32)29(23-10-13-25(33-3)26(17-23)34-4)18-27(30)28-14-15-35-19-22-7-5-6-21(2)16-22/h5-13,16-17H,14-15,18-19H2,1-4H3,(H,28,30). The lowest BCUT2D eigenvalue weighted by Gasteiger charge is -2.25. The molecule has 3 rings (SSSR count). The fourth-order valence-electron chi connectivity index (χ4n) is 3.57. The third-order valence-electron chi connectivity index (χ3n) is 5.47. The van der Waals surface area contributed by atoms with Crippen molar-refractivity contribution >= 4 is 33.4 Å². The number of carbonyl (C=O) groups is 1. The van der Waals surface area contributed by atoms with Crippen LogP contribution in [0.5, 0.6) is 11.5 Å². The molecule has 0 aliphatic carbocycles. The average Bonchev–Trinajstić information content (AvgIpc) is 2.87. The second-order valence-corrected chi connectivity index (χ2v) is 11.2. The van der Waals surface area contributed by atoms with Gasteiger partial charge in [-0.2, -0.15) is 11.8 Å². The summed E-state index contributed by atoms with van der Waals surface area (Å²) in [5.41, 5.74) is 3.69. The van der Waals surface area contributed by atoms with E-state index in [0.717, 1.165) is 15.6 Å². The van der Waals surface area contributed by atoms with Crippen molar-refractivity contribution in [3.63, 3.8) is 0 Å². The van der Waals surface area contributed by atoms with E-state index in [-0.39, 0.29) is 11.4 Å². The summed E-state index contributed by atoms with van der Waals surface area (Å²) >= 11 is 1.71. The van der Waals surface area contributed by atoms with Crippen LogP contribution in [0.25, 0.3) is 0 Å². The van der Waals surface area contributed by atoms with Gasteiger partial charge >= 0.3 is 0 Å². The number of ether oxygens (including phenoxy) is 2. The Morgan fingerprint density at radius 1 is 0.917 bits per heavy atom. The van der Waals surface area contributed by atoms with E-state index in [1.54, 1.807) is 42.1 Å². The quantitative estimate of drug-likeness (QED) is 0.347. The van der Waals surface area contributed by atoms with Crippen LogP contribution in [-0.4, -0.2) is 47.4 Å². The van der Waals surface area contributed by atoms with Crippen molar-refractivity contribution in [3.8, 4) is 11.5 Å². The monoisotopic (exact) mass is 528 g/mol. The zero-order valence-corrected chi connectivity index (χ0v) is 22.6. The number of nitrogens with zero attached hydrogens (tertiary/aromatic N) is 1. The Balaban J connectivity index is 1.72. The van der Waals surface area contributed by atoms with E-state index in [1.165, 1.54) is 37.5 Å². The number of aryl methyl sites for hydroxylation is 2. The molecule has 0 unspecified atom stereocenters. The van der Waals surface area contributed by atoms with E-state index in [9.17, 15) is 13.2 Å². The Bertz CT molecular complexity index is 1280. The van der Waals surface area contributed by atoms with Gasteiger partial charge in [-0.15, -0.1) is 0 Å². The zero-order chi connectivity index (χ0) is 26.1. The van der Waals surface area contributed by atoms with E-state index in [2.05, 4.69) is 30.4 Å². The molecule has 0 saturated heterocycles. The highest BCUT2D eigenvalue weighted by molar-refractivity contribution is 7.98. The maximum absolute atomic E-state index is 13.6. The molecule has 1 amide bonds. The first-order valence-corrected chi connectivity index (χ1v) is 14.1. The van der Waals surface area contributed by atoms with E-state index in [4.69, 9.17) is 9.47 Å². The molecule has 0 saturated carbocycles. The van der Waals surface area contributed by atoms with Crippen LogP contribution in [0.3, 0.4) is 0 Å². The first-order valence-electron chi connectivity index (χ1n) is 11.5. The molecule has 0 aliphatic heterocycles. The Labute approximate surface area is 217 Å². The second kappa shape index (κ2) is 12.7. The van der Waals surface area contributed by atoms with Crippen molar-refractivity contribution in [2.75, 3.05) is 37.4 Å². The summed E-state index contributed by atoms with van der Waals surface area (Å²) in [5.74, 6) is 1.99. The van der Waals surface area contributed by atoms with Crippen molar-refractivity contribution in [2.45, 2.75) is 24.5 Å². The first kappa shape index (κ1) is 27.4. The predicted molar refractivity (Wildman–Crippen MR) is 146 cm³/mol. The summed E-state index contributed by atoms with van der Waals surface area (Å²) < 4.78 is 38.8. The van der Waals surface area contributed by atoms with E-state index >= 15 is 0 Å². The summed E-state index contributed by atoms with van der Waals surface area (Å²) in [4.78, 5) is 12.9. The van der Waals surface area contributed by atoms with Gasteiger partial charge in [0.05, 0.1) is 24.8 Å². The highest BCUT2D eigenvalue weighted by atomic mass is 32.2. The molecule has 0 radical (unpaired) electrons. The molecule has 3 aromatic rings. The van der Waals surface area contributed by atoms with Crippen LogP contribution in [0.2, 0.25) is 0 Å². The van der Waals surface area contributed by atoms with Gasteiger partial charge in [0.1, 0.15) is 6.54 Å². The summed E-state index contributed by atoms with van der Waals surface area (Å²) in [6.45, 7) is 4.00. The summed E-state index contributed by atoms with van der Waals surface area (Å²) in [5, 5.41) is 2.84. The fourth-order valence-corrected chi connectivity index (χ4v) is 5.79. The molecule has 0 atom stereocenters. The fraction of sp³-hybridized carbons (Fsp3) is 0.296. The average molecular weight is 529 g/mol. The number of sulfonamides is 1. The van der Waals surface area contributed by atoms with E-state index in [1.807, 2.05) is 13.0 Å². The molecule has 7 nitrogen and oxygen atoms in total. The number of thioether (sulfide) groups is 1. The highest BCUT2D eigenvalue weighted by Gasteiger charge is 2.28. The maximum atomic E-state index is 13.6. The molecule has 0 aromatic heterocycles. The lowest BCUT2D eigenvalue weighted by molar-refractivity contribution is -0.119. The number of anilines is 1. The van der Waals surface area contributed by atoms with Crippen LogP contribution in [-0.2, 0) is 20.6 Å². The van der Waals surface area contributed by atoms with E-state index in [0.29, 0.717) is 29.5 Å². The molecule has 3 aromatic carbocycles. The number of nitrogens with one attached hydrogen (secondary N) is 1. The van der Waals surface area contributed by atoms with Gasteiger partial charge in [0.2, 0.25) is 5.91 Å². The lowest BCUT2D eigenvalue weighted by Crippen LogP contribution is -2.41. The van der Waals surface area contributed by atoms with Crippen LogP contribution < -0.4 is 19.1 Å². The Kier molecular flexibility index (Phi) is 9.66. The van der Waals surface area contributed by atoms with Gasteiger partial charge in [-0.1, -0.05) is 47.5 Å². The number of carbonyl (C=O) groups excluding carboxylic acids is 1. The highest BCUT2D eigenvalue weighted by Crippen LogP contribution is 2.33. The summed E-state index contributed by atoms with van der Waals surface area (Å²) in [6.07, 6.45) is 0. The van der Waals surface area contributed by atoms with Crippen molar-refractivity contribution in [1.29, 1.82) is 0 Å². The molecular formula is C27H32N2O5S2. The lowest BCUT2D eigenvalue weighted by atomic mass is 10.2. The number of hydrogen-bond donors (Lipinski definition) is 1. The van der Waals surface area contributed by atoms with Crippen LogP contribution in [0.1, 0.15) is 16.7 Å². The van der Waals surface area contributed by atoms with Gasteiger partial charge in [0, 0.05) is 24.1 Å². The molecule has 0 bridgehead atoms. The minimum atomic E-state index is -4.01. The maximum Gasteiger partial charge on any atom is 0.264 e. The molecule has 0 aliphatic rings. The Hall–Kier alpha value is -3.17. The Morgan fingerprint density at radius 3 is 2.31 bits per heavy atom. The number of rotatable bonds is 12. The van der Waals surface area contributed by atoms with Gasteiger partial charge in [-0.25, -0.2) is 8.42 Å². The normalized spacial score (nSPS) is 11.1. The van der Waals surface area contributed by atoms with Gasteiger partial charge in [0.25, 0.3) is 10.0 Å². The third kappa shape index (κ3) is 7.18. The molecular weight excluding hydrogens is 496 g/mol. The topological polar surface area (TPSA) is 84.9 Å². The molecule has 192 valence electrons. The number of methoxy groups -OCH3 is 2. The van der Waals surface area contributed by atoms with Crippen LogP contribution in [0.4, 0.5) is 5.69 Å². The molecule has 0 heterocycles. The first-order chi connectivity index (χ1) is 17.2. The largest absolute Gasteiger partial charge is 0.493 e. The van der Waals surface area contributed by atoms with Crippen LogP contribution in [0, 0.1) is 13.8 Å². The van der Waals surface area contributed by atoms with Crippen LogP contribution in [0.15, 0.2) is 71.6 Å². The van der Waals surface area contributed by atoms with Gasteiger partial charge < -0.3 is 14.8 Å². The number of hydrogen-bond acceptors (Lipinski definition) is 6. The van der Waals surface area contributed by atoms with Crippen molar-refractivity contribution in [1.82, 2.24) is 5.32 Å². The summed E-state index contributed by atoms with van der Waals surface area (Å²) in [6, 6.07) is 19.6. The minimum absolute atomic E-state index is 0.101. The van der Waals surface area contributed by atoms with Gasteiger partial charge in [0.15, 0.2) is 11.5 Å². The molecule has 9 heteroatoms. The number of amides is 1. The second-order valence-electron chi connectivity index (χ2n) is 8.26. The Morgan fingerprint density at radius 2 is 1.64 bits per heavy atom. The van der Waals surface area contributed by atoms with Gasteiger partial charge in [-0.3, -0.25) is 9.10 Å². The smallest absolute Gasteiger partial charge is 0.264 e. The van der Waals surface area contributed by atoms with Gasteiger partial charge in [-0.05, 0) is 43.7 Å². The molecule has 0 spiro atoms.